The fourth-order valence-electron chi connectivity index (χ4n) is 2.35. The summed E-state index contributed by atoms with van der Waals surface area (Å²) in [7, 11) is 0. The molecule has 1 N–H and O–H groups in total. The number of hydrogen-bond donors (Lipinski definition) is 1. The van der Waals surface area contributed by atoms with Crippen LogP contribution in [-0.4, -0.2) is 11.8 Å². The van der Waals surface area contributed by atoms with Gasteiger partial charge in [0.25, 0.3) is 0 Å². The number of hydrogen-bond acceptors (Lipinski definition) is 3. The molecule has 2 rings (SSSR count). The van der Waals surface area contributed by atoms with E-state index in [0.717, 1.165) is 9.35 Å². The highest BCUT2D eigenvalue weighted by Gasteiger charge is 2.39. The number of amides is 2. The van der Waals surface area contributed by atoms with E-state index in [1.54, 1.807) is 11.3 Å². The van der Waals surface area contributed by atoms with E-state index in [0.29, 0.717) is 6.42 Å². The minimum absolute atomic E-state index is 0.0209. The zero-order valence-electron chi connectivity index (χ0n) is 9.70. The minimum atomic E-state index is -0.165. The lowest BCUT2D eigenvalue weighted by atomic mass is 9.77. The Bertz CT molecular complexity index is 455. The monoisotopic (exact) mass is 315 g/mol. The second kappa shape index (κ2) is 4.90. The molecule has 0 aliphatic carbocycles. The molecule has 2 unspecified atom stereocenters. The number of carbonyl (C=O) groups is 2. The zero-order chi connectivity index (χ0) is 12.6. The van der Waals surface area contributed by atoms with Crippen LogP contribution in [0.4, 0.5) is 0 Å². The first-order valence-corrected chi connectivity index (χ1v) is 7.24. The number of rotatable bonds is 2. The van der Waals surface area contributed by atoms with Gasteiger partial charge in [0, 0.05) is 33.0 Å². The Morgan fingerprint density at radius 1 is 1.47 bits per heavy atom. The molecule has 0 radical (unpaired) electrons. The summed E-state index contributed by atoms with van der Waals surface area (Å²) in [6.45, 7) is 4.05. The van der Waals surface area contributed by atoms with Crippen molar-refractivity contribution in [3.05, 3.63) is 20.8 Å². The fourth-order valence-corrected chi connectivity index (χ4v) is 3.94. The van der Waals surface area contributed by atoms with Crippen molar-refractivity contribution >= 4 is 39.1 Å². The molecule has 1 aliphatic rings. The van der Waals surface area contributed by atoms with Crippen LogP contribution in [0.5, 0.6) is 0 Å². The largest absolute Gasteiger partial charge is 0.296 e. The van der Waals surface area contributed by atoms with Crippen molar-refractivity contribution in [3.63, 3.8) is 0 Å². The van der Waals surface area contributed by atoms with Crippen molar-refractivity contribution in [2.75, 3.05) is 0 Å². The van der Waals surface area contributed by atoms with Gasteiger partial charge in [0.1, 0.15) is 0 Å². The Morgan fingerprint density at radius 2 is 2.18 bits per heavy atom. The van der Waals surface area contributed by atoms with Crippen molar-refractivity contribution in [1.82, 2.24) is 5.32 Å². The van der Waals surface area contributed by atoms with Gasteiger partial charge in [-0.2, -0.15) is 0 Å². The summed E-state index contributed by atoms with van der Waals surface area (Å²) in [5.41, 5.74) is 0. The first kappa shape index (κ1) is 12.8. The highest BCUT2D eigenvalue weighted by molar-refractivity contribution is 9.10. The molecule has 1 aliphatic heterocycles. The molecular weight excluding hydrogens is 302 g/mol. The van der Waals surface area contributed by atoms with Gasteiger partial charge >= 0.3 is 0 Å². The Morgan fingerprint density at radius 3 is 2.71 bits per heavy atom. The van der Waals surface area contributed by atoms with E-state index < -0.39 is 0 Å². The molecule has 1 fully saturated rings. The molecule has 3 nitrogen and oxygen atoms in total. The third kappa shape index (κ3) is 2.60. The van der Waals surface area contributed by atoms with E-state index in [-0.39, 0.29) is 29.6 Å². The molecule has 2 amide bonds. The predicted molar refractivity (Wildman–Crippen MR) is 70.9 cm³/mol. The van der Waals surface area contributed by atoms with Gasteiger partial charge in [0.2, 0.25) is 11.8 Å². The van der Waals surface area contributed by atoms with E-state index in [1.807, 2.05) is 25.3 Å². The Labute approximate surface area is 113 Å². The molecule has 17 heavy (non-hydrogen) atoms. The molecule has 1 aromatic rings. The summed E-state index contributed by atoms with van der Waals surface area (Å²) >= 11 is 5.01. The summed E-state index contributed by atoms with van der Waals surface area (Å²) in [6.07, 6.45) is 0.404. The van der Waals surface area contributed by atoms with E-state index in [1.165, 1.54) is 0 Å². The fraction of sp³-hybridized carbons (Fsp3) is 0.500. The first-order valence-electron chi connectivity index (χ1n) is 5.56. The first-order chi connectivity index (χ1) is 7.99. The summed E-state index contributed by atoms with van der Waals surface area (Å²) in [5, 5.41) is 4.42. The van der Waals surface area contributed by atoms with Crippen LogP contribution in [0.25, 0.3) is 0 Å². The number of imide groups is 1. The number of carbonyl (C=O) groups excluding carboxylic acids is 2. The summed E-state index contributed by atoms with van der Waals surface area (Å²) < 4.78 is 1.01. The smallest absolute Gasteiger partial charge is 0.230 e. The third-order valence-corrected chi connectivity index (χ3v) is 4.90. The Balaban J connectivity index is 2.33. The lowest BCUT2D eigenvalue weighted by Gasteiger charge is -2.31. The van der Waals surface area contributed by atoms with Gasteiger partial charge in [-0.05, 0) is 27.9 Å². The van der Waals surface area contributed by atoms with Gasteiger partial charge in [0.15, 0.2) is 0 Å². The average Bonchev–Trinajstić information content (AvgIpc) is 2.62. The molecule has 0 spiro atoms. The standard InChI is InChI=1S/C12H14BrNO2S/c1-6(2)11-8(4-10(15)14-12(11)16)9-3-7(13)5-17-9/h3,5-6,8,11H,4H2,1-2H3,(H,14,15,16). The second-order valence-corrected chi connectivity index (χ2v) is 6.52. The third-order valence-electron chi connectivity index (χ3n) is 3.08. The van der Waals surface area contributed by atoms with Crippen LogP contribution in [0.3, 0.4) is 0 Å². The van der Waals surface area contributed by atoms with Crippen LogP contribution in [-0.2, 0) is 9.59 Å². The van der Waals surface area contributed by atoms with Gasteiger partial charge in [-0.15, -0.1) is 11.3 Å². The van der Waals surface area contributed by atoms with Crippen molar-refractivity contribution in [3.8, 4) is 0 Å². The Hall–Kier alpha value is -0.680. The number of nitrogens with one attached hydrogen (secondary N) is 1. The SMILES string of the molecule is CC(C)C1C(=O)NC(=O)CC1c1cc(Br)cs1. The number of piperidine rings is 1. The van der Waals surface area contributed by atoms with Crippen molar-refractivity contribution < 1.29 is 9.59 Å². The Kier molecular flexibility index (Phi) is 3.68. The molecule has 5 heteroatoms. The van der Waals surface area contributed by atoms with Crippen LogP contribution < -0.4 is 5.32 Å². The maximum Gasteiger partial charge on any atom is 0.230 e. The molecule has 0 bridgehead atoms. The summed E-state index contributed by atoms with van der Waals surface area (Å²) in [4.78, 5) is 24.5. The number of thiophene rings is 1. The number of halogens is 1. The molecule has 1 saturated heterocycles. The highest BCUT2D eigenvalue weighted by atomic mass is 79.9. The average molecular weight is 316 g/mol. The van der Waals surface area contributed by atoms with Crippen molar-refractivity contribution in [2.24, 2.45) is 11.8 Å². The zero-order valence-corrected chi connectivity index (χ0v) is 12.1. The van der Waals surface area contributed by atoms with Crippen LogP contribution in [0.15, 0.2) is 15.9 Å². The van der Waals surface area contributed by atoms with Crippen molar-refractivity contribution in [2.45, 2.75) is 26.2 Å². The lowest BCUT2D eigenvalue weighted by molar-refractivity contribution is -0.138. The topological polar surface area (TPSA) is 46.2 Å². The molecule has 92 valence electrons. The van der Waals surface area contributed by atoms with Crippen LogP contribution in [0.1, 0.15) is 31.1 Å². The lowest BCUT2D eigenvalue weighted by Crippen LogP contribution is -2.46. The van der Waals surface area contributed by atoms with Crippen LogP contribution in [0.2, 0.25) is 0 Å². The highest BCUT2D eigenvalue weighted by Crippen LogP contribution is 2.39. The van der Waals surface area contributed by atoms with Crippen molar-refractivity contribution in [1.29, 1.82) is 0 Å². The summed E-state index contributed by atoms with van der Waals surface area (Å²) in [6, 6.07) is 2.01. The molecule has 2 atom stereocenters. The summed E-state index contributed by atoms with van der Waals surface area (Å²) in [5.74, 6) is -0.160. The van der Waals surface area contributed by atoms with Crippen LogP contribution >= 0.6 is 27.3 Å². The molecule has 0 saturated carbocycles. The maximum absolute atomic E-state index is 11.9. The van der Waals surface area contributed by atoms with E-state index in [2.05, 4.69) is 21.2 Å². The molecule has 2 heterocycles. The van der Waals surface area contributed by atoms with Gasteiger partial charge in [-0.25, -0.2) is 0 Å². The van der Waals surface area contributed by atoms with Crippen LogP contribution in [0, 0.1) is 11.8 Å². The quantitative estimate of drug-likeness (QED) is 0.853. The predicted octanol–water partition coefficient (Wildman–Crippen LogP) is 2.91. The van der Waals surface area contributed by atoms with Gasteiger partial charge in [0.05, 0.1) is 0 Å². The minimum Gasteiger partial charge on any atom is -0.296 e. The molecule has 1 aromatic heterocycles. The second-order valence-electron chi connectivity index (χ2n) is 4.66. The molecular formula is C12H14BrNO2S. The molecule has 0 aromatic carbocycles. The van der Waals surface area contributed by atoms with Gasteiger partial charge in [-0.3, -0.25) is 14.9 Å². The van der Waals surface area contributed by atoms with Gasteiger partial charge in [-0.1, -0.05) is 13.8 Å². The van der Waals surface area contributed by atoms with E-state index in [9.17, 15) is 9.59 Å². The van der Waals surface area contributed by atoms with E-state index in [4.69, 9.17) is 0 Å². The normalized spacial score (nSPS) is 25.2. The van der Waals surface area contributed by atoms with Gasteiger partial charge < -0.3 is 0 Å². The maximum atomic E-state index is 11.9. The van der Waals surface area contributed by atoms with E-state index >= 15 is 0 Å².